The van der Waals surface area contributed by atoms with E-state index in [0.29, 0.717) is 19.8 Å². The van der Waals surface area contributed by atoms with Crippen LogP contribution in [-0.2, 0) is 16.1 Å². The number of carbonyl (C=O) groups is 1. The van der Waals surface area contributed by atoms with E-state index in [9.17, 15) is 4.79 Å². The van der Waals surface area contributed by atoms with Gasteiger partial charge < -0.3 is 15.0 Å². The number of nitrogens with one attached hydrogen (secondary N) is 1. The molecule has 1 fully saturated rings. The summed E-state index contributed by atoms with van der Waals surface area (Å²) in [5, 5.41) is 6.44. The molecule has 0 bridgehead atoms. The van der Waals surface area contributed by atoms with Crippen molar-refractivity contribution in [3.05, 3.63) is 16.1 Å². The molecule has 0 radical (unpaired) electrons. The average Bonchev–Trinajstić information content (AvgIpc) is 3.04. The van der Waals surface area contributed by atoms with Crippen LogP contribution in [0.1, 0.15) is 24.0 Å². The number of thiazole rings is 1. The predicted molar refractivity (Wildman–Crippen MR) is 79.7 cm³/mol. The second-order valence-electron chi connectivity index (χ2n) is 5.26. The molecule has 1 aromatic rings. The molecule has 1 amide bonds. The molecule has 2 heterocycles. The minimum atomic E-state index is -0.0775. The van der Waals surface area contributed by atoms with Crippen molar-refractivity contribution in [3.8, 4) is 0 Å². The van der Waals surface area contributed by atoms with Gasteiger partial charge in [-0.2, -0.15) is 0 Å². The molecule has 5 nitrogen and oxygen atoms in total. The van der Waals surface area contributed by atoms with Crippen LogP contribution in [0.2, 0.25) is 0 Å². The fraction of sp³-hybridized carbons (Fsp3) is 0.714. The smallest absolute Gasteiger partial charge is 0.229 e. The lowest BCUT2D eigenvalue weighted by Gasteiger charge is -2.24. The molecule has 1 N–H and O–H groups in total. The zero-order chi connectivity index (χ0) is 14.5. The van der Waals surface area contributed by atoms with Crippen molar-refractivity contribution in [3.63, 3.8) is 0 Å². The Morgan fingerprint density at radius 3 is 3.05 bits per heavy atom. The van der Waals surface area contributed by atoms with Gasteiger partial charge in [0.25, 0.3) is 0 Å². The molecular formula is C14H23N3O2S. The molecule has 1 saturated heterocycles. The summed E-state index contributed by atoms with van der Waals surface area (Å²) in [6, 6.07) is 0.141. The quantitative estimate of drug-likeness (QED) is 0.863. The molecule has 6 heteroatoms. The van der Waals surface area contributed by atoms with Crippen LogP contribution in [0.25, 0.3) is 0 Å². The molecule has 0 aliphatic carbocycles. The maximum absolute atomic E-state index is 12.5. The molecule has 1 aromatic heterocycles. The van der Waals surface area contributed by atoms with E-state index in [1.807, 2.05) is 19.4 Å². The topological polar surface area (TPSA) is 54.5 Å². The number of nitrogens with zero attached hydrogens (tertiary/aromatic N) is 2. The van der Waals surface area contributed by atoms with E-state index in [4.69, 9.17) is 4.74 Å². The van der Waals surface area contributed by atoms with Crippen molar-refractivity contribution in [1.29, 1.82) is 0 Å². The van der Waals surface area contributed by atoms with E-state index >= 15 is 0 Å². The Balaban J connectivity index is 1.91. The Morgan fingerprint density at radius 1 is 1.60 bits per heavy atom. The van der Waals surface area contributed by atoms with Gasteiger partial charge in [-0.3, -0.25) is 4.79 Å². The number of amides is 1. The number of hydrogen-bond donors (Lipinski definition) is 1. The van der Waals surface area contributed by atoms with Gasteiger partial charge in [-0.25, -0.2) is 4.98 Å². The molecule has 20 heavy (non-hydrogen) atoms. The normalized spacial score (nSPS) is 22.1. The highest BCUT2D eigenvalue weighted by molar-refractivity contribution is 7.09. The van der Waals surface area contributed by atoms with Crippen LogP contribution in [-0.4, -0.2) is 48.6 Å². The molecule has 112 valence electrons. The highest BCUT2D eigenvalue weighted by Gasteiger charge is 2.35. The zero-order valence-electron chi connectivity index (χ0n) is 12.4. The molecule has 2 atom stereocenters. The summed E-state index contributed by atoms with van der Waals surface area (Å²) < 4.78 is 5.47. The number of aromatic nitrogens is 1. The van der Waals surface area contributed by atoms with Crippen LogP contribution in [0.3, 0.4) is 0 Å². The molecule has 0 spiro atoms. The van der Waals surface area contributed by atoms with E-state index in [1.165, 1.54) is 0 Å². The number of carbonyl (C=O) groups excluding carboxylic acids is 1. The van der Waals surface area contributed by atoms with Crippen LogP contribution in [0.5, 0.6) is 0 Å². The lowest BCUT2D eigenvalue weighted by atomic mass is 10.0. The third-order valence-electron chi connectivity index (χ3n) is 3.50. The summed E-state index contributed by atoms with van der Waals surface area (Å²) in [5.41, 5.74) is 0.959. The van der Waals surface area contributed by atoms with Crippen LogP contribution in [0.4, 0.5) is 0 Å². The summed E-state index contributed by atoms with van der Waals surface area (Å²) in [7, 11) is 1.84. The number of hydrogen-bond acceptors (Lipinski definition) is 5. The lowest BCUT2D eigenvalue weighted by Crippen LogP contribution is -2.44. The fourth-order valence-electron chi connectivity index (χ4n) is 2.41. The van der Waals surface area contributed by atoms with E-state index in [1.54, 1.807) is 16.2 Å². The maximum atomic E-state index is 12.5. The number of aryl methyl sites for hydroxylation is 1. The van der Waals surface area contributed by atoms with Crippen LogP contribution >= 0.6 is 11.3 Å². The van der Waals surface area contributed by atoms with Crippen LogP contribution in [0.15, 0.2) is 5.38 Å². The molecule has 1 aliphatic heterocycles. The van der Waals surface area contributed by atoms with Crippen molar-refractivity contribution >= 4 is 17.2 Å². The summed E-state index contributed by atoms with van der Waals surface area (Å²) in [6.07, 6.45) is 1.06. The van der Waals surface area contributed by atoms with Crippen LogP contribution < -0.4 is 5.32 Å². The number of rotatable bonds is 6. The zero-order valence-corrected chi connectivity index (χ0v) is 13.2. The Bertz CT molecular complexity index is 449. The van der Waals surface area contributed by atoms with Gasteiger partial charge in [-0.05, 0) is 19.9 Å². The first kappa shape index (κ1) is 15.4. The Morgan fingerprint density at radius 2 is 2.40 bits per heavy atom. The summed E-state index contributed by atoms with van der Waals surface area (Å²) in [6.45, 7) is 6.73. The fourth-order valence-corrected chi connectivity index (χ4v) is 3.02. The van der Waals surface area contributed by atoms with E-state index in [-0.39, 0.29) is 17.9 Å². The first-order valence-electron chi connectivity index (χ1n) is 7.09. The van der Waals surface area contributed by atoms with Gasteiger partial charge in [-0.15, -0.1) is 11.3 Å². The Labute approximate surface area is 124 Å². The maximum Gasteiger partial charge on any atom is 0.229 e. The predicted octanol–water partition coefficient (Wildman–Crippen LogP) is 1.42. The molecular weight excluding hydrogens is 274 g/mol. The summed E-state index contributed by atoms with van der Waals surface area (Å²) >= 11 is 1.62. The molecule has 0 saturated carbocycles. The third-order valence-corrected chi connectivity index (χ3v) is 4.32. The minimum Gasteiger partial charge on any atom is -0.379 e. The highest BCUT2D eigenvalue weighted by Crippen LogP contribution is 2.18. The first-order chi connectivity index (χ1) is 9.61. The van der Waals surface area contributed by atoms with Crippen molar-refractivity contribution in [2.24, 2.45) is 5.92 Å². The van der Waals surface area contributed by atoms with Gasteiger partial charge in [0, 0.05) is 18.5 Å². The van der Waals surface area contributed by atoms with E-state index in [0.717, 1.165) is 23.7 Å². The van der Waals surface area contributed by atoms with Gasteiger partial charge in [0.1, 0.15) is 0 Å². The largest absolute Gasteiger partial charge is 0.379 e. The van der Waals surface area contributed by atoms with Crippen molar-refractivity contribution in [1.82, 2.24) is 15.2 Å². The van der Waals surface area contributed by atoms with Gasteiger partial charge in [0.2, 0.25) is 5.91 Å². The van der Waals surface area contributed by atoms with E-state index < -0.39 is 0 Å². The Kier molecular flexibility index (Phi) is 5.51. The summed E-state index contributed by atoms with van der Waals surface area (Å²) in [4.78, 5) is 18.7. The van der Waals surface area contributed by atoms with Gasteiger partial charge in [0.15, 0.2) is 0 Å². The van der Waals surface area contributed by atoms with Crippen molar-refractivity contribution in [2.45, 2.75) is 32.9 Å². The number of ether oxygens (including phenoxy) is 1. The SMILES string of the molecule is CCCNC1COCC1C(=O)N(C)Cc1csc(C)n1. The van der Waals surface area contributed by atoms with Gasteiger partial charge in [-0.1, -0.05) is 6.92 Å². The second-order valence-corrected chi connectivity index (χ2v) is 6.32. The van der Waals surface area contributed by atoms with Gasteiger partial charge >= 0.3 is 0 Å². The molecule has 1 aliphatic rings. The third kappa shape index (κ3) is 3.77. The van der Waals surface area contributed by atoms with Crippen molar-refractivity contribution in [2.75, 3.05) is 26.8 Å². The molecule has 2 unspecified atom stereocenters. The van der Waals surface area contributed by atoms with Crippen LogP contribution in [0, 0.1) is 12.8 Å². The van der Waals surface area contributed by atoms with E-state index in [2.05, 4.69) is 17.2 Å². The lowest BCUT2D eigenvalue weighted by molar-refractivity contribution is -0.135. The summed E-state index contributed by atoms with van der Waals surface area (Å²) in [5.74, 6) is 0.0630. The molecule has 0 aromatic carbocycles. The Hall–Kier alpha value is -0.980. The standard InChI is InChI=1S/C14H23N3O2S/c1-4-5-15-13-8-19-7-12(13)14(18)17(3)6-11-9-20-10(2)16-11/h9,12-13,15H,4-8H2,1-3H3. The van der Waals surface area contributed by atoms with Gasteiger partial charge in [0.05, 0.1) is 36.4 Å². The monoisotopic (exact) mass is 297 g/mol. The molecule has 2 rings (SSSR count). The second kappa shape index (κ2) is 7.15. The highest BCUT2D eigenvalue weighted by atomic mass is 32.1. The average molecular weight is 297 g/mol. The van der Waals surface area contributed by atoms with Crippen molar-refractivity contribution < 1.29 is 9.53 Å². The first-order valence-corrected chi connectivity index (χ1v) is 7.97. The minimum absolute atomic E-state index is 0.0775.